The molecule has 0 amide bonds. The number of rotatable bonds is 3. The first kappa shape index (κ1) is 11.0. The van der Waals surface area contributed by atoms with Gasteiger partial charge in [-0.2, -0.15) is 0 Å². The predicted octanol–water partition coefficient (Wildman–Crippen LogP) is 3.40. The summed E-state index contributed by atoms with van der Waals surface area (Å²) in [5.41, 5.74) is 8.66. The van der Waals surface area contributed by atoms with E-state index in [4.69, 9.17) is 5.73 Å². The summed E-state index contributed by atoms with van der Waals surface area (Å²) in [5.74, 6) is 0. The van der Waals surface area contributed by atoms with Crippen LogP contribution in [-0.4, -0.2) is 0 Å². The molecule has 1 aromatic carbocycles. The van der Waals surface area contributed by atoms with Gasteiger partial charge in [0, 0.05) is 9.61 Å². The van der Waals surface area contributed by atoms with E-state index in [0.29, 0.717) is 0 Å². The van der Waals surface area contributed by atoms with E-state index in [9.17, 15) is 0 Å². The molecule has 1 aromatic rings. The second kappa shape index (κ2) is 4.96. The minimum Gasteiger partial charge on any atom is -0.324 e. The summed E-state index contributed by atoms with van der Waals surface area (Å²) >= 11 is 2.35. The molecule has 72 valence electrons. The van der Waals surface area contributed by atoms with Gasteiger partial charge in [-0.3, -0.25) is 0 Å². The van der Waals surface area contributed by atoms with Crippen molar-refractivity contribution in [3.63, 3.8) is 0 Å². The fraction of sp³-hybridized carbons (Fsp3) is 0.455. The van der Waals surface area contributed by atoms with Crippen molar-refractivity contribution in [2.24, 2.45) is 5.73 Å². The van der Waals surface area contributed by atoms with E-state index < -0.39 is 0 Å². The Morgan fingerprint density at radius 1 is 1.46 bits per heavy atom. The maximum absolute atomic E-state index is 6.07. The molecule has 0 spiro atoms. The molecule has 0 aliphatic rings. The maximum atomic E-state index is 6.07. The van der Waals surface area contributed by atoms with Crippen molar-refractivity contribution < 1.29 is 0 Å². The predicted molar refractivity (Wildman–Crippen MR) is 65.7 cm³/mol. The lowest BCUT2D eigenvalue weighted by Gasteiger charge is -2.13. The summed E-state index contributed by atoms with van der Waals surface area (Å²) in [6.07, 6.45) is 2.21. The topological polar surface area (TPSA) is 26.0 Å². The average Bonchev–Trinajstić information content (AvgIpc) is 2.09. The molecule has 1 atom stereocenters. The van der Waals surface area contributed by atoms with Crippen molar-refractivity contribution in [1.29, 1.82) is 0 Å². The summed E-state index contributed by atoms with van der Waals surface area (Å²) < 4.78 is 1.28. The molecular weight excluding hydrogens is 273 g/mol. The lowest BCUT2D eigenvalue weighted by atomic mass is 10.0. The van der Waals surface area contributed by atoms with E-state index in [2.05, 4.69) is 54.6 Å². The quantitative estimate of drug-likeness (QED) is 0.848. The van der Waals surface area contributed by atoms with Gasteiger partial charge < -0.3 is 5.73 Å². The molecule has 0 saturated heterocycles. The fourth-order valence-electron chi connectivity index (χ4n) is 1.41. The molecule has 0 aliphatic heterocycles. The second-order valence-electron chi connectivity index (χ2n) is 3.42. The van der Waals surface area contributed by atoms with Gasteiger partial charge in [-0.25, -0.2) is 0 Å². The molecule has 0 saturated carbocycles. The SMILES string of the molecule is CCC[C@H](N)c1cc(C)ccc1I. The Bertz CT molecular complexity index is 283. The van der Waals surface area contributed by atoms with Crippen LogP contribution in [0.4, 0.5) is 0 Å². The number of hydrogen-bond acceptors (Lipinski definition) is 1. The summed E-state index contributed by atoms with van der Waals surface area (Å²) in [4.78, 5) is 0. The Morgan fingerprint density at radius 2 is 2.15 bits per heavy atom. The first-order chi connectivity index (χ1) is 6.15. The molecule has 13 heavy (non-hydrogen) atoms. The van der Waals surface area contributed by atoms with Gasteiger partial charge in [0.25, 0.3) is 0 Å². The van der Waals surface area contributed by atoms with Crippen LogP contribution in [0.1, 0.15) is 36.9 Å². The first-order valence-corrected chi connectivity index (χ1v) is 5.74. The van der Waals surface area contributed by atoms with Crippen LogP contribution in [0.3, 0.4) is 0 Å². The molecule has 0 heterocycles. The van der Waals surface area contributed by atoms with E-state index in [-0.39, 0.29) is 6.04 Å². The van der Waals surface area contributed by atoms with Crippen LogP contribution in [0, 0.1) is 10.5 Å². The third-order valence-corrected chi connectivity index (χ3v) is 3.13. The van der Waals surface area contributed by atoms with E-state index in [1.165, 1.54) is 14.7 Å². The molecule has 0 radical (unpaired) electrons. The summed E-state index contributed by atoms with van der Waals surface area (Å²) in [5, 5.41) is 0. The Morgan fingerprint density at radius 3 is 2.77 bits per heavy atom. The highest BCUT2D eigenvalue weighted by Gasteiger charge is 2.08. The van der Waals surface area contributed by atoms with Crippen LogP contribution in [0.2, 0.25) is 0 Å². The highest BCUT2D eigenvalue weighted by molar-refractivity contribution is 14.1. The molecule has 0 aromatic heterocycles. The van der Waals surface area contributed by atoms with Gasteiger partial charge in [-0.1, -0.05) is 31.0 Å². The van der Waals surface area contributed by atoms with Crippen LogP contribution >= 0.6 is 22.6 Å². The minimum atomic E-state index is 0.205. The lowest BCUT2D eigenvalue weighted by molar-refractivity contribution is 0.635. The van der Waals surface area contributed by atoms with Crippen LogP contribution in [-0.2, 0) is 0 Å². The fourth-order valence-corrected chi connectivity index (χ4v) is 2.15. The van der Waals surface area contributed by atoms with Crippen molar-refractivity contribution >= 4 is 22.6 Å². The third kappa shape index (κ3) is 2.95. The van der Waals surface area contributed by atoms with E-state index in [0.717, 1.165) is 12.8 Å². The van der Waals surface area contributed by atoms with E-state index in [1.54, 1.807) is 0 Å². The number of aryl methyl sites for hydroxylation is 1. The Hall–Kier alpha value is -0.0900. The zero-order chi connectivity index (χ0) is 9.84. The van der Waals surface area contributed by atoms with Crippen molar-refractivity contribution in [2.75, 3.05) is 0 Å². The van der Waals surface area contributed by atoms with Gasteiger partial charge in [0.2, 0.25) is 0 Å². The van der Waals surface area contributed by atoms with Gasteiger partial charge in [-0.05, 0) is 47.6 Å². The molecule has 1 rings (SSSR count). The Balaban J connectivity index is 2.91. The maximum Gasteiger partial charge on any atom is 0.0305 e. The molecular formula is C11H16IN. The van der Waals surface area contributed by atoms with Gasteiger partial charge in [-0.15, -0.1) is 0 Å². The average molecular weight is 289 g/mol. The van der Waals surface area contributed by atoms with Gasteiger partial charge in [0.05, 0.1) is 0 Å². The first-order valence-electron chi connectivity index (χ1n) is 4.66. The highest BCUT2D eigenvalue weighted by atomic mass is 127. The van der Waals surface area contributed by atoms with Crippen molar-refractivity contribution in [3.8, 4) is 0 Å². The van der Waals surface area contributed by atoms with Crippen molar-refractivity contribution in [1.82, 2.24) is 0 Å². The number of benzene rings is 1. The second-order valence-corrected chi connectivity index (χ2v) is 4.58. The molecule has 0 aliphatic carbocycles. The zero-order valence-electron chi connectivity index (χ0n) is 8.18. The number of halogens is 1. The normalized spacial score (nSPS) is 12.9. The van der Waals surface area contributed by atoms with Crippen molar-refractivity contribution in [2.45, 2.75) is 32.7 Å². The van der Waals surface area contributed by atoms with Crippen LogP contribution in [0.15, 0.2) is 18.2 Å². The van der Waals surface area contributed by atoms with Gasteiger partial charge >= 0.3 is 0 Å². The van der Waals surface area contributed by atoms with Crippen LogP contribution in [0.25, 0.3) is 0 Å². The van der Waals surface area contributed by atoms with E-state index >= 15 is 0 Å². The standard InChI is InChI=1S/C11H16IN/c1-3-4-11(13)9-7-8(2)5-6-10(9)12/h5-7,11H,3-4,13H2,1-2H3/t11-/m0/s1. The third-order valence-electron chi connectivity index (χ3n) is 2.15. The Labute approximate surface area is 93.9 Å². The summed E-state index contributed by atoms with van der Waals surface area (Å²) in [7, 11) is 0. The minimum absolute atomic E-state index is 0.205. The molecule has 0 unspecified atom stereocenters. The Kier molecular flexibility index (Phi) is 4.19. The lowest BCUT2D eigenvalue weighted by Crippen LogP contribution is -2.11. The van der Waals surface area contributed by atoms with Gasteiger partial charge in [0.1, 0.15) is 0 Å². The largest absolute Gasteiger partial charge is 0.324 e. The summed E-state index contributed by atoms with van der Waals surface area (Å²) in [6, 6.07) is 6.67. The molecule has 0 bridgehead atoms. The molecule has 1 nitrogen and oxygen atoms in total. The smallest absolute Gasteiger partial charge is 0.0305 e. The summed E-state index contributed by atoms with van der Waals surface area (Å²) in [6.45, 7) is 4.28. The molecule has 0 fully saturated rings. The van der Waals surface area contributed by atoms with Crippen LogP contribution in [0.5, 0.6) is 0 Å². The molecule has 2 N–H and O–H groups in total. The van der Waals surface area contributed by atoms with Gasteiger partial charge in [0.15, 0.2) is 0 Å². The monoisotopic (exact) mass is 289 g/mol. The number of nitrogens with two attached hydrogens (primary N) is 1. The zero-order valence-corrected chi connectivity index (χ0v) is 10.3. The molecule has 2 heteroatoms. The van der Waals surface area contributed by atoms with Crippen LogP contribution < -0.4 is 5.73 Å². The van der Waals surface area contributed by atoms with Crippen molar-refractivity contribution in [3.05, 3.63) is 32.9 Å². The van der Waals surface area contributed by atoms with E-state index in [1.807, 2.05) is 0 Å². The highest BCUT2D eigenvalue weighted by Crippen LogP contribution is 2.22. The number of hydrogen-bond donors (Lipinski definition) is 1.